The number of pyridine rings is 1. The van der Waals surface area contributed by atoms with Gasteiger partial charge in [-0.15, -0.1) is 12.4 Å². The van der Waals surface area contributed by atoms with E-state index in [1.807, 2.05) is 19.2 Å². The molecule has 2 N–H and O–H groups in total. The molecule has 0 fully saturated rings. The number of nitrogens with two attached hydrogens (primary N) is 1. The summed E-state index contributed by atoms with van der Waals surface area (Å²) in [5.41, 5.74) is 8.09. The Balaban J connectivity index is 0.00000144. The summed E-state index contributed by atoms with van der Waals surface area (Å²) < 4.78 is 0. The third-order valence-electron chi connectivity index (χ3n) is 1.97. The van der Waals surface area contributed by atoms with E-state index in [2.05, 4.69) is 18.0 Å². The smallest absolute Gasteiger partial charge is 0.0419 e. The van der Waals surface area contributed by atoms with Crippen LogP contribution in [0.4, 0.5) is 0 Å². The Morgan fingerprint density at radius 2 is 2.15 bits per heavy atom. The molecule has 0 aromatic carbocycles. The summed E-state index contributed by atoms with van der Waals surface area (Å²) in [6, 6.07) is 4.37. The van der Waals surface area contributed by atoms with E-state index >= 15 is 0 Å². The Bertz CT molecular complexity index is 233. The summed E-state index contributed by atoms with van der Waals surface area (Å²) in [6.45, 7) is 4.13. The highest BCUT2D eigenvalue weighted by atomic mass is 35.5. The molecule has 0 bridgehead atoms. The molecule has 1 atom stereocenters. The topological polar surface area (TPSA) is 38.9 Å². The SMILES string of the molecule is CCC(N)Cc1ccc(C)cn1.Cl. The number of hydrogen-bond acceptors (Lipinski definition) is 2. The Morgan fingerprint density at radius 1 is 1.46 bits per heavy atom. The van der Waals surface area contributed by atoms with E-state index in [0.717, 1.165) is 18.5 Å². The zero-order chi connectivity index (χ0) is 8.97. The van der Waals surface area contributed by atoms with Gasteiger partial charge < -0.3 is 5.73 Å². The molecule has 3 heteroatoms. The normalized spacial score (nSPS) is 11.9. The Labute approximate surface area is 86.0 Å². The number of hydrogen-bond donors (Lipinski definition) is 1. The number of aromatic nitrogens is 1. The molecule has 74 valence electrons. The fourth-order valence-electron chi connectivity index (χ4n) is 1.03. The van der Waals surface area contributed by atoms with Crippen LogP contribution < -0.4 is 5.73 Å². The maximum absolute atomic E-state index is 5.80. The third kappa shape index (κ3) is 4.25. The summed E-state index contributed by atoms with van der Waals surface area (Å²) >= 11 is 0. The molecule has 13 heavy (non-hydrogen) atoms. The second-order valence-corrected chi connectivity index (χ2v) is 3.20. The first kappa shape index (κ1) is 12.4. The van der Waals surface area contributed by atoms with Gasteiger partial charge in [-0.1, -0.05) is 13.0 Å². The zero-order valence-corrected chi connectivity index (χ0v) is 8.97. The van der Waals surface area contributed by atoms with Crippen molar-refractivity contribution in [3.63, 3.8) is 0 Å². The molecule has 0 amide bonds. The van der Waals surface area contributed by atoms with Crippen LogP contribution in [0.2, 0.25) is 0 Å². The highest BCUT2D eigenvalue weighted by Crippen LogP contribution is 2.02. The number of aryl methyl sites for hydroxylation is 1. The summed E-state index contributed by atoms with van der Waals surface area (Å²) in [5, 5.41) is 0. The Hall–Kier alpha value is -0.600. The standard InChI is InChI=1S/C10H16N2.ClH/c1-3-9(11)6-10-5-4-8(2)7-12-10;/h4-5,7,9H,3,6,11H2,1-2H3;1H. The fraction of sp³-hybridized carbons (Fsp3) is 0.500. The molecule has 1 unspecified atom stereocenters. The fourth-order valence-corrected chi connectivity index (χ4v) is 1.03. The van der Waals surface area contributed by atoms with Crippen molar-refractivity contribution in [2.45, 2.75) is 32.7 Å². The van der Waals surface area contributed by atoms with Crippen LogP contribution in [-0.2, 0) is 6.42 Å². The first-order valence-corrected chi connectivity index (χ1v) is 4.39. The van der Waals surface area contributed by atoms with Gasteiger partial charge in [0.05, 0.1) is 0 Å². The van der Waals surface area contributed by atoms with Crippen molar-refractivity contribution >= 4 is 12.4 Å². The molecule has 1 rings (SSSR count). The zero-order valence-electron chi connectivity index (χ0n) is 8.16. The van der Waals surface area contributed by atoms with Crippen molar-refractivity contribution in [2.24, 2.45) is 5.73 Å². The first-order chi connectivity index (χ1) is 5.72. The highest BCUT2D eigenvalue weighted by Gasteiger charge is 2.01. The molecule has 0 spiro atoms. The van der Waals surface area contributed by atoms with Crippen LogP contribution in [0, 0.1) is 6.92 Å². The molecule has 0 saturated heterocycles. The lowest BCUT2D eigenvalue weighted by atomic mass is 10.1. The summed E-state index contributed by atoms with van der Waals surface area (Å²) in [4.78, 5) is 4.29. The highest BCUT2D eigenvalue weighted by molar-refractivity contribution is 5.85. The van der Waals surface area contributed by atoms with Crippen molar-refractivity contribution in [3.8, 4) is 0 Å². The minimum Gasteiger partial charge on any atom is -0.327 e. The Morgan fingerprint density at radius 3 is 2.62 bits per heavy atom. The van der Waals surface area contributed by atoms with Gasteiger partial charge in [-0.05, 0) is 25.0 Å². The van der Waals surface area contributed by atoms with E-state index in [4.69, 9.17) is 5.73 Å². The van der Waals surface area contributed by atoms with Crippen LogP contribution >= 0.6 is 12.4 Å². The summed E-state index contributed by atoms with van der Waals surface area (Å²) in [7, 11) is 0. The van der Waals surface area contributed by atoms with Gasteiger partial charge in [0.2, 0.25) is 0 Å². The van der Waals surface area contributed by atoms with E-state index < -0.39 is 0 Å². The molecule has 0 saturated carbocycles. The molecular formula is C10H17ClN2. The average Bonchev–Trinajstić information content (AvgIpc) is 2.09. The lowest BCUT2D eigenvalue weighted by Crippen LogP contribution is -2.21. The van der Waals surface area contributed by atoms with Crippen molar-refractivity contribution in [2.75, 3.05) is 0 Å². The molecule has 1 aromatic rings. The summed E-state index contributed by atoms with van der Waals surface area (Å²) in [6.07, 6.45) is 3.78. The first-order valence-electron chi connectivity index (χ1n) is 4.39. The molecule has 0 aliphatic carbocycles. The van der Waals surface area contributed by atoms with Gasteiger partial charge in [0, 0.05) is 24.4 Å². The maximum atomic E-state index is 5.80. The van der Waals surface area contributed by atoms with Crippen molar-refractivity contribution < 1.29 is 0 Å². The lowest BCUT2D eigenvalue weighted by Gasteiger charge is -2.07. The van der Waals surface area contributed by atoms with Gasteiger partial charge >= 0.3 is 0 Å². The van der Waals surface area contributed by atoms with Gasteiger partial charge in [-0.3, -0.25) is 4.98 Å². The number of rotatable bonds is 3. The van der Waals surface area contributed by atoms with Crippen LogP contribution in [0.25, 0.3) is 0 Å². The van der Waals surface area contributed by atoms with Gasteiger partial charge in [-0.2, -0.15) is 0 Å². The predicted molar refractivity (Wildman–Crippen MR) is 58.2 cm³/mol. The van der Waals surface area contributed by atoms with Crippen molar-refractivity contribution in [1.82, 2.24) is 4.98 Å². The van der Waals surface area contributed by atoms with E-state index in [1.165, 1.54) is 5.56 Å². The van der Waals surface area contributed by atoms with Gasteiger partial charge in [0.1, 0.15) is 0 Å². The second kappa shape index (κ2) is 5.95. The van der Waals surface area contributed by atoms with Gasteiger partial charge in [0.25, 0.3) is 0 Å². The van der Waals surface area contributed by atoms with Crippen LogP contribution in [0.15, 0.2) is 18.3 Å². The summed E-state index contributed by atoms with van der Waals surface area (Å²) in [5.74, 6) is 0. The van der Waals surface area contributed by atoms with Crippen LogP contribution in [0.3, 0.4) is 0 Å². The van der Waals surface area contributed by atoms with Gasteiger partial charge in [0.15, 0.2) is 0 Å². The van der Waals surface area contributed by atoms with Crippen LogP contribution in [-0.4, -0.2) is 11.0 Å². The van der Waals surface area contributed by atoms with E-state index in [0.29, 0.717) is 0 Å². The molecule has 2 nitrogen and oxygen atoms in total. The quantitative estimate of drug-likeness (QED) is 0.812. The van der Waals surface area contributed by atoms with Gasteiger partial charge in [-0.25, -0.2) is 0 Å². The molecular weight excluding hydrogens is 184 g/mol. The van der Waals surface area contributed by atoms with Crippen LogP contribution in [0.1, 0.15) is 24.6 Å². The van der Waals surface area contributed by atoms with Crippen LogP contribution in [0.5, 0.6) is 0 Å². The van der Waals surface area contributed by atoms with E-state index in [1.54, 1.807) is 0 Å². The largest absolute Gasteiger partial charge is 0.327 e. The predicted octanol–water partition coefficient (Wildman–Crippen LogP) is 2.09. The van der Waals surface area contributed by atoms with Crippen molar-refractivity contribution in [1.29, 1.82) is 0 Å². The third-order valence-corrected chi connectivity index (χ3v) is 1.97. The molecule has 0 aliphatic heterocycles. The lowest BCUT2D eigenvalue weighted by molar-refractivity contribution is 0.636. The molecule has 1 heterocycles. The van der Waals surface area contributed by atoms with E-state index in [9.17, 15) is 0 Å². The second-order valence-electron chi connectivity index (χ2n) is 3.20. The molecule has 0 aliphatic rings. The number of nitrogens with zero attached hydrogens (tertiary/aromatic N) is 1. The maximum Gasteiger partial charge on any atom is 0.0419 e. The Kier molecular flexibility index (Phi) is 5.67. The molecule has 1 aromatic heterocycles. The monoisotopic (exact) mass is 200 g/mol. The minimum atomic E-state index is 0. The minimum absolute atomic E-state index is 0. The number of halogens is 1. The van der Waals surface area contributed by atoms with E-state index in [-0.39, 0.29) is 18.4 Å². The molecule has 0 radical (unpaired) electrons. The van der Waals surface area contributed by atoms with Crippen molar-refractivity contribution in [3.05, 3.63) is 29.6 Å². The average molecular weight is 201 g/mol.